The molecule has 0 heterocycles. The van der Waals surface area contributed by atoms with Gasteiger partial charge in [-0.05, 0) is 128 Å². The van der Waals surface area contributed by atoms with E-state index in [1.165, 1.54) is 19.3 Å². The van der Waals surface area contributed by atoms with Gasteiger partial charge < -0.3 is 14.2 Å². The monoisotopic (exact) mass is 1050 g/mol. The van der Waals surface area contributed by atoms with Crippen molar-refractivity contribution >= 4 is 17.9 Å². The first-order valence-corrected chi connectivity index (χ1v) is 29.6. The van der Waals surface area contributed by atoms with Gasteiger partial charge in [0.2, 0.25) is 0 Å². The number of allylic oxidation sites excluding steroid dienone is 32. The molecule has 1 atom stereocenters. The van der Waals surface area contributed by atoms with Gasteiger partial charge >= 0.3 is 17.9 Å². The molecule has 0 aliphatic carbocycles. The molecule has 424 valence electrons. The fraction of sp³-hybridized carbons (Fsp3) is 0.479. The molecule has 0 saturated carbocycles. The van der Waals surface area contributed by atoms with Crippen LogP contribution in [0.2, 0.25) is 0 Å². The predicted molar refractivity (Wildman–Crippen MR) is 333 cm³/mol. The van der Waals surface area contributed by atoms with E-state index in [0.29, 0.717) is 19.3 Å². The molecule has 0 spiro atoms. The third-order valence-electron chi connectivity index (χ3n) is 11.3. The largest absolute Gasteiger partial charge is 0.462 e. The van der Waals surface area contributed by atoms with Gasteiger partial charge in [-0.2, -0.15) is 0 Å². The first kappa shape index (κ1) is 71.0. The normalized spacial score (nSPS) is 13.6. The fourth-order valence-electron chi connectivity index (χ4n) is 7.04. The molecular weight excluding hydrogens is 949 g/mol. The van der Waals surface area contributed by atoms with Crippen LogP contribution in [0.4, 0.5) is 0 Å². The molecule has 0 fully saturated rings. The lowest BCUT2D eigenvalue weighted by molar-refractivity contribution is -0.166. The zero-order valence-electron chi connectivity index (χ0n) is 48.4. The van der Waals surface area contributed by atoms with Crippen molar-refractivity contribution in [2.24, 2.45) is 0 Å². The van der Waals surface area contributed by atoms with Crippen LogP contribution in [0.25, 0.3) is 0 Å². The SMILES string of the molecule is CC/C=C\C/C=C\C/C=C\C/C=C\C/C=C\C/C=C\C/C=C\CCCCCCCCCC(=O)OCC(COC(=O)C/C=C\C/C=C\C/C=C\C/C=C\C/C=C\CC)OC(=O)C/C=C\C/C=C\C/C=C\C/C=C\C/C=C\CC. The van der Waals surface area contributed by atoms with E-state index in [4.69, 9.17) is 14.2 Å². The maximum atomic E-state index is 12.8. The maximum Gasteiger partial charge on any atom is 0.310 e. The summed E-state index contributed by atoms with van der Waals surface area (Å²) in [6.07, 6.45) is 97.3. The third-order valence-corrected chi connectivity index (χ3v) is 11.3. The van der Waals surface area contributed by atoms with Crippen LogP contribution in [0.5, 0.6) is 0 Å². The molecular formula is C71H104O6. The van der Waals surface area contributed by atoms with Gasteiger partial charge in [-0.15, -0.1) is 0 Å². The number of unbranched alkanes of at least 4 members (excludes halogenated alkanes) is 7. The Balaban J connectivity index is 4.53. The molecule has 0 aliphatic rings. The summed E-state index contributed by atoms with van der Waals surface area (Å²) < 4.78 is 16.6. The van der Waals surface area contributed by atoms with E-state index in [2.05, 4.69) is 203 Å². The van der Waals surface area contributed by atoms with E-state index in [1.807, 2.05) is 12.2 Å². The van der Waals surface area contributed by atoms with Crippen molar-refractivity contribution in [2.75, 3.05) is 13.2 Å². The molecule has 0 saturated heterocycles. The van der Waals surface area contributed by atoms with Crippen LogP contribution in [-0.4, -0.2) is 37.2 Å². The maximum absolute atomic E-state index is 12.8. The molecule has 0 amide bonds. The number of hydrogen-bond donors (Lipinski definition) is 0. The highest BCUT2D eigenvalue weighted by Gasteiger charge is 2.19. The molecule has 0 aromatic rings. The summed E-state index contributed by atoms with van der Waals surface area (Å²) in [6, 6.07) is 0. The highest BCUT2D eigenvalue weighted by Crippen LogP contribution is 2.12. The van der Waals surface area contributed by atoms with E-state index < -0.39 is 18.0 Å². The van der Waals surface area contributed by atoms with Crippen molar-refractivity contribution < 1.29 is 28.6 Å². The Morgan fingerprint density at radius 2 is 0.519 bits per heavy atom. The quantitative estimate of drug-likeness (QED) is 0.0261. The average molecular weight is 1050 g/mol. The first-order valence-electron chi connectivity index (χ1n) is 29.6. The van der Waals surface area contributed by atoms with Crippen LogP contribution < -0.4 is 0 Å². The number of ether oxygens (including phenoxy) is 3. The van der Waals surface area contributed by atoms with Crippen LogP contribution in [0.3, 0.4) is 0 Å². The Bertz CT molecular complexity index is 1930. The average Bonchev–Trinajstić information content (AvgIpc) is 3.43. The third kappa shape index (κ3) is 60.7. The van der Waals surface area contributed by atoms with E-state index in [-0.39, 0.29) is 32.0 Å². The van der Waals surface area contributed by atoms with Crippen molar-refractivity contribution in [2.45, 2.75) is 207 Å². The van der Waals surface area contributed by atoms with E-state index in [0.717, 1.165) is 128 Å². The second kappa shape index (κ2) is 62.5. The minimum atomic E-state index is -0.891. The summed E-state index contributed by atoms with van der Waals surface area (Å²) in [5.74, 6) is -1.26. The Morgan fingerprint density at radius 1 is 0.273 bits per heavy atom. The van der Waals surface area contributed by atoms with E-state index in [1.54, 1.807) is 12.2 Å². The minimum absolute atomic E-state index is 0.0632. The number of carbonyl (C=O) groups excluding carboxylic acids is 3. The van der Waals surface area contributed by atoms with Crippen LogP contribution >= 0.6 is 0 Å². The topological polar surface area (TPSA) is 78.9 Å². The van der Waals surface area contributed by atoms with Gasteiger partial charge in [-0.1, -0.05) is 259 Å². The van der Waals surface area contributed by atoms with Crippen LogP contribution in [0.15, 0.2) is 207 Å². The molecule has 0 N–H and O–H groups in total. The Morgan fingerprint density at radius 3 is 0.844 bits per heavy atom. The highest BCUT2D eigenvalue weighted by atomic mass is 16.6. The van der Waals surface area contributed by atoms with Gasteiger partial charge in [-0.25, -0.2) is 0 Å². The van der Waals surface area contributed by atoms with Crippen molar-refractivity contribution in [3.05, 3.63) is 207 Å². The van der Waals surface area contributed by atoms with Gasteiger partial charge in [0.05, 0.1) is 12.8 Å². The van der Waals surface area contributed by atoms with Crippen molar-refractivity contribution in [3.8, 4) is 0 Å². The zero-order valence-corrected chi connectivity index (χ0v) is 48.4. The molecule has 0 aromatic carbocycles. The second-order valence-electron chi connectivity index (χ2n) is 18.4. The number of carbonyl (C=O) groups is 3. The summed E-state index contributed by atoms with van der Waals surface area (Å²) >= 11 is 0. The van der Waals surface area contributed by atoms with Gasteiger partial charge in [0, 0.05) is 6.42 Å². The van der Waals surface area contributed by atoms with E-state index >= 15 is 0 Å². The number of rotatable bonds is 50. The molecule has 0 rings (SSSR count). The Labute approximate surface area is 470 Å². The lowest BCUT2D eigenvalue weighted by atomic mass is 10.1. The fourth-order valence-corrected chi connectivity index (χ4v) is 7.04. The molecule has 6 heteroatoms. The van der Waals surface area contributed by atoms with Crippen LogP contribution in [0, 0.1) is 0 Å². The zero-order chi connectivity index (χ0) is 55.7. The smallest absolute Gasteiger partial charge is 0.310 e. The van der Waals surface area contributed by atoms with Gasteiger partial charge in [0.15, 0.2) is 6.10 Å². The predicted octanol–water partition coefficient (Wildman–Crippen LogP) is 20.4. The molecule has 0 bridgehead atoms. The second-order valence-corrected chi connectivity index (χ2v) is 18.4. The molecule has 0 aliphatic heterocycles. The Hall–Kier alpha value is -6.01. The summed E-state index contributed by atoms with van der Waals surface area (Å²) in [4.78, 5) is 38.1. The lowest BCUT2D eigenvalue weighted by Gasteiger charge is -2.17. The molecule has 0 radical (unpaired) electrons. The number of hydrogen-bond acceptors (Lipinski definition) is 6. The first-order chi connectivity index (χ1) is 38.0. The molecule has 6 nitrogen and oxygen atoms in total. The summed E-state index contributed by atoms with van der Waals surface area (Å²) in [7, 11) is 0. The standard InChI is InChI=1S/C71H104O6/c1-4-7-10-13-16-19-22-25-28-29-30-31-32-33-34-35-36-37-38-39-40-41-44-46-49-52-55-58-61-64-70(73)76-67-68(77-71(74)65-62-59-56-53-50-47-43-27-24-21-18-15-12-9-6-3)66-75-69(72)63-60-57-54-51-48-45-42-26-23-20-17-14-11-8-5-2/h7-12,16-21,25-28,30-31,33-34,36-37,39-40,42-43,48,50-51,53,57,59-60,62,68H,4-6,13-15,22-24,29,32,35,38,41,44-47,49,52,54-56,58,61,63-67H2,1-3H3/b10-7-,11-8-,12-9-,19-16-,20-17-,21-18-,28-25-,31-30-,34-33-,37-36-,40-39-,42-26-,43-27-,51-48-,53-50-,60-57-,62-59-. The lowest BCUT2D eigenvalue weighted by Crippen LogP contribution is -2.30. The van der Waals surface area contributed by atoms with Crippen molar-refractivity contribution in [1.29, 1.82) is 0 Å². The summed E-state index contributed by atoms with van der Waals surface area (Å²) in [5, 5.41) is 0. The van der Waals surface area contributed by atoms with Crippen molar-refractivity contribution in [1.82, 2.24) is 0 Å². The summed E-state index contributed by atoms with van der Waals surface area (Å²) in [6.45, 7) is 6.08. The van der Waals surface area contributed by atoms with Crippen LogP contribution in [0.1, 0.15) is 201 Å². The van der Waals surface area contributed by atoms with Crippen LogP contribution in [-0.2, 0) is 28.6 Å². The number of esters is 3. The van der Waals surface area contributed by atoms with Gasteiger partial charge in [-0.3, -0.25) is 14.4 Å². The van der Waals surface area contributed by atoms with Crippen molar-refractivity contribution in [3.63, 3.8) is 0 Å². The molecule has 1 unspecified atom stereocenters. The minimum Gasteiger partial charge on any atom is -0.462 e. The molecule has 77 heavy (non-hydrogen) atoms. The Kier molecular flexibility index (Phi) is 57.6. The molecule has 0 aromatic heterocycles. The van der Waals surface area contributed by atoms with Gasteiger partial charge in [0.1, 0.15) is 13.2 Å². The van der Waals surface area contributed by atoms with Gasteiger partial charge in [0.25, 0.3) is 0 Å². The highest BCUT2D eigenvalue weighted by molar-refractivity contribution is 5.72. The van der Waals surface area contributed by atoms with E-state index in [9.17, 15) is 14.4 Å². The summed E-state index contributed by atoms with van der Waals surface area (Å²) in [5.41, 5.74) is 0.